The highest BCUT2D eigenvalue weighted by Crippen LogP contribution is 2.34. The minimum absolute atomic E-state index is 0.288. The maximum absolute atomic E-state index is 13.4. The third-order valence-electron chi connectivity index (χ3n) is 5.34. The molecule has 8 heteroatoms. The lowest BCUT2D eigenvalue weighted by Gasteiger charge is -2.38. The summed E-state index contributed by atoms with van der Waals surface area (Å²) in [6, 6.07) is 16.8. The summed E-state index contributed by atoms with van der Waals surface area (Å²) in [5.41, 5.74) is 4.17. The molecule has 2 heterocycles. The number of nitrogens with one attached hydrogen (secondary N) is 2. The van der Waals surface area contributed by atoms with Gasteiger partial charge in [-0.25, -0.2) is 0 Å². The monoisotopic (exact) mass is 448 g/mol. The first-order valence-corrected chi connectivity index (χ1v) is 10.5. The molecule has 1 amide bonds. The Morgan fingerprint density at radius 2 is 1.81 bits per heavy atom. The van der Waals surface area contributed by atoms with Gasteiger partial charge in [0.1, 0.15) is 11.5 Å². The number of anilines is 2. The Labute approximate surface area is 192 Å². The number of rotatable bonds is 5. The summed E-state index contributed by atoms with van der Waals surface area (Å²) in [7, 11) is 1.62. The zero-order chi connectivity index (χ0) is 22.8. The summed E-state index contributed by atoms with van der Waals surface area (Å²) in [5.74, 6) is 1.42. The summed E-state index contributed by atoms with van der Waals surface area (Å²) in [5, 5.41) is 10.6. The second-order valence-electron chi connectivity index (χ2n) is 7.60. The molecular weight excluding hydrogens is 424 g/mol. The van der Waals surface area contributed by atoms with Crippen LogP contribution in [0, 0.1) is 13.8 Å². The molecule has 0 bridgehead atoms. The van der Waals surface area contributed by atoms with Crippen molar-refractivity contribution in [3.63, 3.8) is 0 Å². The number of methoxy groups -OCH3 is 1. The molecular formula is C24H24N4O3S. The number of hydrogen-bond donors (Lipinski definition) is 2. The van der Waals surface area contributed by atoms with E-state index in [2.05, 4.69) is 15.8 Å². The average molecular weight is 449 g/mol. The first-order valence-electron chi connectivity index (χ1n) is 10.1. The van der Waals surface area contributed by atoms with E-state index in [0.29, 0.717) is 22.3 Å². The van der Waals surface area contributed by atoms with Crippen LogP contribution >= 0.6 is 12.2 Å². The zero-order valence-electron chi connectivity index (χ0n) is 18.3. The molecule has 0 unspecified atom stereocenters. The van der Waals surface area contributed by atoms with Crippen LogP contribution in [0.15, 0.2) is 70.4 Å². The van der Waals surface area contributed by atoms with Crippen molar-refractivity contribution in [2.45, 2.75) is 26.8 Å². The van der Waals surface area contributed by atoms with Gasteiger partial charge in [-0.3, -0.25) is 9.69 Å². The topological polar surface area (TPSA) is 79.6 Å². The molecule has 0 saturated carbocycles. The molecule has 32 heavy (non-hydrogen) atoms. The van der Waals surface area contributed by atoms with Gasteiger partial charge in [0.25, 0.3) is 5.91 Å². The summed E-state index contributed by atoms with van der Waals surface area (Å²) in [6.07, 6.45) is 0. The number of aryl methyl sites for hydroxylation is 2. The number of allylic oxidation sites excluding steroid dienone is 1. The van der Waals surface area contributed by atoms with E-state index in [0.717, 1.165) is 28.3 Å². The van der Waals surface area contributed by atoms with Crippen LogP contribution in [0.1, 0.15) is 29.9 Å². The van der Waals surface area contributed by atoms with Gasteiger partial charge in [-0.2, -0.15) is 0 Å². The van der Waals surface area contributed by atoms with Crippen molar-refractivity contribution in [1.29, 1.82) is 0 Å². The lowest BCUT2D eigenvalue weighted by molar-refractivity contribution is -0.113. The number of ether oxygens (including phenoxy) is 1. The van der Waals surface area contributed by atoms with E-state index in [-0.39, 0.29) is 5.91 Å². The number of carbonyl (C=O) groups is 1. The number of benzene rings is 2. The van der Waals surface area contributed by atoms with Gasteiger partial charge in [0.05, 0.1) is 18.7 Å². The predicted octanol–water partition coefficient (Wildman–Crippen LogP) is 4.65. The Kier molecular flexibility index (Phi) is 5.96. The van der Waals surface area contributed by atoms with Crippen LogP contribution in [0.2, 0.25) is 0 Å². The van der Waals surface area contributed by atoms with Crippen LogP contribution in [0.25, 0.3) is 0 Å². The number of amides is 1. The third kappa shape index (κ3) is 4.22. The van der Waals surface area contributed by atoms with E-state index in [1.807, 2.05) is 67.3 Å². The highest BCUT2D eigenvalue weighted by atomic mass is 32.1. The largest absolute Gasteiger partial charge is 0.497 e. The van der Waals surface area contributed by atoms with Crippen molar-refractivity contribution in [2.75, 3.05) is 17.3 Å². The normalized spacial score (nSPS) is 16.1. The zero-order valence-corrected chi connectivity index (χ0v) is 19.1. The fourth-order valence-electron chi connectivity index (χ4n) is 3.70. The van der Waals surface area contributed by atoms with Crippen molar-refractivity contribution in [2.24, 2.45) is 0 Å². The predicted molar refractivity (Wildman–Crippen MR) is 128 cm³/mol. The van der Waals surface area contributed by atoms with Crippen LogP contribution < -0.4 is 20.3 Å². The van der Waals surface area contributed by atoms with Crippen LogP contribution in [0.5, 0.6) is 5.75 Å². The first kappa shape index (κ1) is 21.6. The minimum Gasteiger partial charge on any atom is -0.497 e. The first-order chi connectivity index (χ1) is 15.4. The molecule has 0 radical (unpaired) electrons. The van der Waals surface area contributed by atoms with Gasteiger partial charge in [0.2, 0.25) is 0 Å². The second-order valence-corrected chi connectivity index (χ2v) is 7.99. The van der Waals surface area contributed by atoms with Crippen molar-refractivity contribution in [1.82, 2.24) is 10.5 Å². The smallest absolute Gasteiger partial charge is 0.257 e. The quantitative estimate of drug-likeness (QED) is 0.550. The van der Waals surface area contributed by atoms with Gasteiger partial charge < -0.3 is 19.9 Å². The van der Waals surface area contributed by atoms with Crippen LogP contribution in [-0.2, 0) is 4.79 Å². The summed E-state index contributed by atoms with van der Waals surface area (Å²) in [4.78, 5) is 15.3. The Bertz CT molecular complexity index is 1180. The summed E-state index contributed by atoms with van der Waals surface area (Å²) < 4.78 is 10.4. The maximum atomic E-state index is 13.4. The highest BCUT2D eigenvalue weighted by molar-refractivity contribution is 7.80. The number of aromatic nitrogens is 1. The molecule has 3 aromatic rings. The number of carbonyl (C=O) groups excluding carboxylic acids is 1. The average Bonchev–Trinajstić information content (AvgIpc) is 3.19. The van der Waals surface area contributed by atoms with Crippen molar-refractivity contribution in [3.8, 4) is 5.75 Å². The lowest BCUT2D eigenvalue weighted by atomic mass is 9.94. The van der Waals surface area contributed by atoms with Gasteiger partial charge in [-0.1, -0.05) is 35.0 Å². The van der Waals surface area contributed by atoms with Crippen molar-refractivity contribution < 1.29 is 14.1 Å². The molecule has 4 rings (SSSR count). The van der Waals surface area contributed by atoms with E-state index >= 15 is 0 Å². The van der Waals surface area contributed by atoms with Crippen LogP contribution in [0.3, 0.4) is 0 Å². The van der Waals surface area contributed by atoms with Crippen LogP contribution in [-0.4, -0.2) is 23.3 Å². The van der Waals surface area contributed by atoms with Gasteiger partial charge >= 0.3 is 0 Å². The molecule has 1 atom stereocenters. The molecule has 0 spiro atoms. The second kappa shape index (κ2) is 8.84. The SMILES string of the molecule is COc1ccc([C@H]2NC(=S)N(c3ccc(C)cc3)C(C)=C2C(=O)Nc2cc(C)on2)cc1. The standard InChI is InChI=1S/C24H24N4O3S/c1-14-5-9-18(10-6-14)28-16(3)21(23(29)25-20-13-15(2)31-27-20)22(26-24(28)32)17-7-11-19(30-4)12-8-17/h5-13,22H,1-4H3,(H,26,32)(H,25,27,29)/t22-/m1/s1. The van der Waals surface area contributed by atoms with Crippen molar-refractivity contribution in [3.05, 3.63) is 82.8 Å². The van der Waals surface area contributed by atoms with Gasteiger partial charge in [0.15, 0.2) is 10.9 Å². The number of nitrogens with zero attached hydrogens (tertiary/aromatic N) is 2. The van der Waals surface area contributed by atoms with Crippen molar-refractivity contribution >= 4 is 34.7 Å². The molecule has 7 nitrogen and oxygen atoms in total. The van der Waals surface area contributed by atoms with Gasteiger partial charge in [-0.15, -0.1) is 0 Å². The van der Waals surface area contributed by atoms with E-state index in [1.165, 1.54) is 0 Å². The fourth-order valence-corrected chi connectivity index (χ4v) is 4.06. The van der Waals surface area contributed by atoms with E-state index in [4.69, 9.17) is 21.5 Å². The van der Waals surface area contributed by atoms with E-state index in [1.54, 1.807) is 20.1 Å². The minimum atomic E-state index is -0.442. The molecule has 0 aliphatic carbocycles. The van der Waals surface area contributed by atoms with Gasteiger partial charge in [-0.05, 0) is 62.8 Å². The Morgan fingerprint density at radius 3 is 2.41 bits per heavy atom. The Hall–Kier alpha value is -3.65. The van der Waals surface area contributed by atoms with E-state index in [9.17, 15) is 4.79 Å². The molecule has 1 aliphatic heterocycles. The molecule has 1 aromatic heterocycles. The molecule has 1 aliphatic rings. The fraction of sp³-hybridized carbons (Fsp3) is 0.208. The molecule has 0 fully saturated rings. The number of hydrogen-bond acceptors (Lipinski definition) is 5. The third-order valence-corrected chi connectivity index (χ3v) is 5.64. The van der Waals surface area contributed by atoms with Crippen LogP contribution in [0.4, 0.5) is 11.5 Å². The Balaban J connectivity index is 1.79. The summed E-state index contributed by atoms with van der Waals surface area (Å²) >= 11 is 5.71. The summed E-state index contributed by atoms with van der Waals surface area (Å²) in [6.45, 7) is 5.69. The molecule has 164 valence electrons. The highest BCUT2D eigenvalue weighted by Gasteiger charge is 2.35. The molecule has 2 N–H and O–H groups in total. The lowest BCUT2D eigenvalue weighted by Crippen LogP contribution is -2.48. The maximum Gasteiger partial charge on any atom is 0.257 e. The Morgan fingerprint density at radius 1 is 1.12 bits per heavy atom. The molecule has 0 saturated heterocycles. The number of thiocarbonyl (C=S) groups is 1. The molecule has 2 aromatic carbocycles. The van der Waals surface area contributed by atoms with E-state index < -0.39 is 6.04 Å². The van der Waals surface area contributed by atoms with Gasteiger partial charge in [0, 0.05) is 17.5 Å².